The first kappa shape index (κ1) is 16.0. The van der Waals surface area contributed by atoms with Crippen molar-refractivity contribution in [2.75, 3.05) is 6.61 Å². The molecule has 0 aromatic heterocycles. The number of hydrogen-bond donors (Lipinski definition) is 3. The molecule has 3 N–H and O–H groups in total. The number of halogens is 1. The molecule has 108 valence electrons. The first-order valence-corrected chi connectivity index (χ1v) is 6.00. The van der Waals surface area contributed by atoms with E-state index < -0.39 is 30.4 Å². The van der Waals surface area contributed by atoms with Gasteiger partial charge in [-0.05, 0) is 30.7 Å². The summed E-state index contributed by atoms with van der Waals surface area (Å²) in [5.74, 6) is -1.65. The Labute approximate surface area is 115 Å². The lowest BCUT2D eigenvalue weighted by Crippen LogP contribution is -2.48. The standard InChI is InChI=1S/C14H16FNO4/c1-9(18)14(12(19)8-17)16-13(20)7-4-10-2-5-11(15)6-3-10/h2-7,9,14,17-18H,8H2,1H3,(H,16,20)/b7-4+/t9-,14+/m1/s1. The quantitative estimate of drug-likeness (QED) is 0.653. The lowest BCUT2D eigenvalue weighted by Gasteiger charge is -2.18. The van der Waals surface area contributed by atoms with Gasteiger partial charge < -0.3 is 15.5 Å². The molecule has 0 aliphatic carbocycles. The molecule has 1 aromatic rings. The zero-order chi connectivity index (χ0) is 15.1. The summed E-state index contributed by atoms with van der Waals surface area (Å²) < 4.78 is 12.7. The second-order valence-electron chi connectivity index (χ2n) is 4.24. The fraction of sp³-hybridized carbons (Fsp3) is 0.286. The molecule has 0 bridgehead atoms. The van der Waals surface area contributed by atoms with Crippen LogP contribution in [-0.2, 0) is 9.59 Å². The van der Waals surface area contributed by atoms with Crippen LogP contribution >= 0.6 is 0 Å². The number of amides is 1. The molecule has 0 saturated heterocycles. The maximum atomic E-state index is 12.7. The number of carbonyl (C=O) groups excluding carboxylic acids is 2. The molecule has 0 spiro atoms. The van der Waals surface area contributed by atoms with Gasteiger partial charge in [0.25, 0.3) is 0 Å². The van der Waals surface area contributed by atoms with E-state index in [2.05, 4.69) is 5.32 Å². The predicted octanol–water partition coefficient (Wildman–Crippen LogP) is 0.266. The van der Waals surface area contributed by atoms with Crippen molar-refractivity contribution >= 4 is 17.8 Å². The maximum absolute atomic E-state index is 12.7. The topological polar surface area (TPSA) is 86.6 Å². The first-order valence-electron chi connectivity index (χ1n) is 6.00. The van der Waals surface area contributed by atoms with E-state index in [0.29, 0.717) is 5.56 Å². The number of rotatable bonds is 6. The van der Waals surface area contributed by atoms with Crippen molar-refractivity contribution in [3.8, 4) is 0 Å². The van der Waals surface area contributed by atoms with Crippen LogP contribution in [0.3, 0.4) is 0 Å². The van der Waals surface area contributed by atoms with Gasteiger partial charge in [-0.1, -0.05) is 12.1 Å². The fourth-order valence-corrected chi connectivity index (χ4v) is 1.52. The van der Waals surface area contributed by atoms with Crippen LogP contribution < -0.4 is 5.32 Å². The SMILES string of the molecule is C[C@@H](O)[C@H](NC(=O)/C=C/c1ccc(F)cc1)C(=O)CO. The van der Waals surface area contributed by atoms with Gasteiger partial charge in [-0.2, -0.15) is 0 Å². The van der Waals surface area contributed by atoms with E-state index in [1.54, 1.807) is 0 Å². The third kappa shape index (κ3) is 4.91. The Morgan fingerprint density at radius 1 is 1.35 bits per heavy atom. The van der Waals surface area contributed by atoms with Crippen LogP contribution in [0.25, 0.3) is 6.08 Å². The van der Waals surface area contributed by atoms with E-state index in [-0.39, 0.29) is 5.82 Å². The van der Waals surface area contributed by atoms with Gasteiger partial charge in [0.05, 0.1) is 6.10 Å². The van der Waals surface area contributed by atoms with Gasteiger partial charge in [-0.15, -0.1) is 0 Å². The van der Waals surface area contributed by atoms with Crippen LogP contribution in [0.4, 0.5) is 4.39 Å². The molecule has 0 aliphatic rings. The summed E-state index contributed by atoms with van der Waals surface area (Å²) in [5, 5.41) is 20.4. The van der Waals surface area contributed by atoms with Crippen molar-refractivity contribution in [2.45, 2.75) is 19.1 Å². The lowest BCUT2D eigenvalue weighted by atomic mass is 10.1. The van der Waals surface area contributed by atoms with Crippen molar-refractivity contribution < 1.29 is 24.2 Å². The van der Waals surface area contributed by atoms with Crippen LogP contribution in [0, 0.1) is 5.82 Å². The zero-order valence-corrected chi connectivity index (χ0v) is 10.9. The highest BCUT2D eigenvalue weighted by Gasteiger charge is 2.23. The van der Waals surface area contributed by atoms with E-state index in [1.165, 1.54) is 37.3 Å². The molecule has 5 nitrogen and oxygen atoms in total. The molecule has 0 heterocycles. The minimum absolute atomic E-state index is 0.380. The van der Waals surface area contributed by atoms with Gasteiger partial charge in [0.1, 0.15) is 18.5 Å². The second kappa shape index (κ2) is 7.52. The molecular formula is C14H16FNO4. The van der Waals surface area contributed by atoms with Gasteiger partial charge in [0.15, 0.2) is 5.78 Å². The second-order valence-corrected chi connectivity index (χ2v) is 4.24. The van der Waals surface area contributed by atoms with Crippen molar-refractivity contribution in [1.82, 2.24) is 5.32 Å². The molecule has 20 heavy (non-hydrogen) atoms. The minimum Gasteiger partial charge on any atom is -0.391 e. The van der Waals surface area contributed by atoms with E-state index in [0.717, 1.165) is 6.08 Å². The van der Waals surface area contributed by atoms with Crippen LogP contribution in [0.2, 0.25) is 0 Å². The minimum atomic E-state index is -1.16. The van der Waals surface area contributed by atoms with Crippen LogP contribution in [-0.4, -0.2) is 40.7 Å². The van der Waals surface area contributed by atoms with Gasteiger partial charge in [-0.3, -0.25) is 9.59 Å². The summed E-state index contributed by atoms with van der Waals surface area (Å²) >= 11 is 0. The third-order valence-electron chi connectivity index (χ3n) is 2.58. The highest BCUT2D eigenvalue weighted by molar-refractivity contribution is 5.96. The molecule has 0 radical (unpaired) electrons. The summed E-state index contributed by atoms with van der Waals surface area (Å²) in [5.41, 5.74) is 0.614. The smallest absolute Gasteiger partial charge is 0.244 e. The summed E-state index contributed by atoms with van der Waals surface area (Å²) in [7, 11) is 0. The van der Waals surface area contributed by atoms with Crippen molar-refractivity contribution in [2.24, 2.45) is 0 Å². The zero-order valence-electron chi connectivity index (χ0n) is 10.9. The lowest BCUT2D eigenvalue weighted by molar-refractivity contribution is -0.130. The number of carbonyl (C=O) groups is 2. The Balaban J connectivity index is 2.66. The largest absolute Gasteiger partial charge is 0.391 e. The monoisotopic (exact) mass is 281 g/mol. The molecular weight excluding hydrogens is 265 g/mol. The maximum Gasteiger partial charge on any atom is 0.244 e. The number of nitrogens with one attached hydrogen (secondary N) is 1. The molecule has 0 unspecified atom stereocenters. The number of ketones is 1. The van der Waals surface area contributed by atoms with Crippen LogP contribution in [0.5, 0.6) is 0 Å². The number of hydrogen-bond acceptors (Lipinski definition) is 4. The Morgan fingerprint density at radius 2 is 1.95 bits per heavy atom. The molecule has 1 aromatic carbocycles. The van der Waals surface area contributed by atoms with Crippen molar-refractivity contribution in [1.29, 1.82) is 0 Å². The average molecular weight is 281 g/mol. The summed E-state index contributed by atoms with van der Waals surface area (Å²) in [6, 6.07) is 4.33. The van der Waals surface area contributed by atoms with E-state index in [4.69, 9.17) is 5.11 Å². The van der Waals surface area contributed by atoms with Crippen molar-refractivity contribution in [3.05, 3.63) is 41.7 Å². The van der Waals surface area contributed by atoms with Gasteiger partial charge >= 0.3 is 0 Å². The van der Waals surface area contributed by atoms with E-state index in [1.807, 2.05) is 0 Å². The molecule has 0 saturated carbocycles. The van der Waals surface area contributed by atoms with Gasteiger partial charge in [0, 0.05) is 6.08 Å². The number of aliphatic hydroxyl groups excluding tert-OH is 2. The predicted molar refractivity (Wildman–Crippen MR) is 71.1 cm³/mol. The summed E-state index contributed by atoms with van der Waals surface area (Å²) in [4.78, 5) is 22.9. The van der Waals surface area contributed by atoms with Crippen LogP contribution in [0.15, 0.2) is 30.3 Å². The Hall–Kier alpha value is -2.05. The first-order chi connectivity index (χ1) is 9.43. The average Bonchev–Trinajstić information content (AvgIpc) is 2.43. The summed E-state index contributed by atoms with van der Waals surface area (Å²) in [6.07, 6.45) is 1.49. The highest BCUT2D eigenvalue weighted by atomic mass is 19.1. The van der Waals surface area contributed by atoms with Crippen LogP contribution in [0.1, 0.15) is 12.5 Å². The molecule has 6 heteroatoms. The number of aliphatic hydroxyl groups is 2. The molecule has 0 aliphatic heterocycles. The molecule has 2 atom stereocenters. The normalized spacial score (nSPS) is 14.0. The van der Waals surface area contributed by atoms with Gasteiger partial charge in [-0.25, -0.2) is 4.39 Å². The van der Waals surface area contributed by atoms with Crippen molar-refractivity contribution in [3.63, 3.8) is 0 Å². The highest BCUT2D eigenvalue weighted by Crippen LogP contribution is 2.04. The third-order valence-corrected chi connectivity index (χ3v) is 2.58. The fourth-order valence-electron chi connectivity index (χ4n) is 1.52. The Kier molecular flexibility index (Phi) is 6.02. The van der Waals surface area contributed by atoms with E-state index in [9.17, 15) is 19.1 Å². The molecule has 0 fully saturated rings. The van der Waals surface area contributed by atoms with E-state index >= 15 is 0 Å². The number of Topliss-reactive ketones (excluding diaryl/α,β-unsaturated/α-hetero) is 1. The molecule has 1 rings (SSSR count). The Morgan fingerprint density at radius 3 is 2.45 bits per heavy atom. The summed E-state index contributed by atoms with van der Waals surface area (Å²) in [6.45, 7) is 0.569. The van der Waals surface area contributed by atoms with Gasteiger partial charge in [0.2, 0.25) is 5.91 Å². The number of benzene rings is 1. The Bertz CT molecular complexity index is 496. The molecule has 1 amide bonds.